The van der Waals surface area contributed by atoms with Crippen LogP contribution in [-0.2, 0) is 11.3 Å². The summed E-state index contributed by atoms with van der Waals surface area (Å²) in [6.45, 7) is 3.91. The summed E-state index contributed by atoms with van der Waals surface area (Å²) in [6.07, 6.45) is 0. The molecule has 1 amide bonds. The van der Waals surface area contributed by atoms with Crippen LogP contribution in [0.4, 0.5) is 0 Å². The maximum absolute atomic E-state index is 11.8. The molecule has 0 aliphatic carbocycles. The van der Waals surface area contributed by atoms with Crippen molar-refractivity contribution in [3.8, 4) is 0 Å². The number of hydrogen-bond acceptors (Lipinski definition) is 3. The summed E-state index contributed by atoms with van der Waals surface area (Å²) in [6, 6.07) is 8.31. The van der Waals surface area contributed by atoms with Crippen LogP contribution in [0.2, 0.25) is 0 Å². The highest BCUT2D eigenvalue weighted by Crippen LogP contribution is 2.26. The normalized spacial score (nSPS) is 10.8. The van der Waals surface area contributed by atoms with E-state index >= 15 is 0 Å². The van der Waals surface area contributed by atoms with Gasteiger partial charge in [0.25, 0.3) is 0 Å². The molecular weight excluding hydrogens is 244 g/mol. The van der Waals surface area contributed by atoms with Crippen molar-refractivity contribution in [2.75, 3.05) is 20.1 Å². The fourth-order valence-electron chi connectivity index (χ4n) is 1.87. The van der Waals surface area contributed by atoms with E-state index in [0.29, 0.717) is 13.1 Å². The number of amides is 1. The number of rotatable bonds is 5. The highest BCUT2D eigenvalue weighted by molar-refractivity contribution is 7.17. The van der Waals surface area contributed by atoms with Gasteiger partial charge in [-0.25, -0.2) is 0 Å². The highest BCUT2D eigenvalue weighted by Gasteiger charge is 2.11. The smallest absolute Gasteiger partial charge is 0.236 e. The standard InChI is InChI=1S/C14H18N2OS/c1-3-15-8-14(17)16(2)9-11-10-18-13-7-5-4-6-12(11)13/h4-7,10,15H,3,8-9H2,1-2H3. The van der Waals surface area contributed by atoms with E-state index in [9.17, 15) is 4.79 Å². The number of carbonyl (C=O) groups is 1. The van der Waals surface area contributed by atoms with E-state index in [4.69, 9.17) is 0 Å². The number of nitrogens with one attached hydrogen (secondary N) is 1. The van der Waals surface area contributed by atoms with Gasteiger partial charge < -0.3 is 10.2 Å². The molecule has 1 heterocycles. The largest absolute Gasteiger partial charge is 0.340 e. The second-order valence-corrected chi connectivity index (χ2v) is 5.20. The Kier molecular flexibility index (Phi) is 4.33. The van der Waals surface area contributed by atoms with Gasteiger partial charge in [0.2, 0.25) is 5.91 Å². The number of nitrogens with zero attached hydrogens (tertiary/aromatic N) is 1. The van der Waals surface area contributed by atoms with Crippen LogP contribution >= 0.6 is 11.3 Å². The molecule has 0 bridgehead atoms. The molecule has 0 aliphatic rings. The van der Waals surface area contributed by atoms with Gasteiger partial charge in [0.15, 0.2) is 0 Å². The Morgan fingerprint density at radius 1 is 1.39 bits per heavy atom. The van der Waals surface area contributed by atoms with Crippen molar-refractivity contribution in [2.24, 2.45) is 0 Å². The lowest BCUT2D eigenvalue weighted by atomic mass is 10.2. The van der Waals surface area contributed by atoms with Crippen LogP contribution < -0.4 is 5.32 Å². The van der Waals surface area contributed by atoms with E-state index in [-0.39, 0.29) is 5.91 Å². The molecule has 96 valence electrons. The van der Waals surface area contributed by atoms with Gasteiger partial charge in [0, 0.05) is 18.3 Å². The molecule has 1 aromatic carbocycles. The third-order valence-electron chi connectivity index (χ3n) is 2.92. The minimum atomic E-state index is 0.132. The van der Waals surface area contributed by atoms with Gasteiger partial charge >= 0.3 is 0 Å². The molecule has 18 heavy (non-hydrogen) atoms. The molecule has 0 atom stereocenters. The lowest BCUT2D eigenvalue weighted by molar-refractivity contribution is -0.129. The quantitative estimate of drug-likeness (QED) is 0.898. The summed E-state index contributed by atoms with van der Waals surface area (Å²) < 4.78 is 1.28. The van der Waals surface area contributed by atoms with Crippen molar-refractivity contribution in [1.29, 1.82) is 0 Å². The second-order valence-electron chi connectivity index (χ2n) is 4.29. The molecule has 1 N–H and O–H groups in total. The van der Waals surface area contributed by atoms with E-state index < -0.39 is 0 Å². The van der Waals surface area contributed by atoms with Gasteiger partial charge in [-0.05, 0) is 28.9 Å². The monoisotopic (exact) mass is 262 g/mol. The fraction of sp³-hybridized carbons (Fsp3) is 0.357. The van der Waals surface area contributed by atoms with Gasteiger partial charge in [-0.3, -0.25) is 4.79 Å². The van der Waals surface area contributed by atoms with Crippen LogP contribution in [0.1, 0.15) is 12.5 Å². The van der Waals surface area contributed by atoms with E-state index in [1.165, 1.54) is 15.6 Å². The van der Waals surface area contributed by atoms with Crippen molar-refractivity contribution >= 4 is 27.3 Å². The zero-order chi connectivity index (χ0) is 13.0. The molecule has 2 rings (SSSR count). The molecular formula is C14H18N2OS. The van der Waals surface area contributed by atoms with Gasteiger partial charge in [-0.1, -0.05) is 25.1 Å². The summed E-state index contributed by atoms with van der Waals surface area (Å²) in [4.78, 5) is 13.6. The Hall–Kier alpha value is -1.39. The minimum absolute atomic E-state index is 0.132. The first-order chi connectivity index (χ1) is 8.72. The molecule has 0 unspecified atom stereocenters. The lowest BCUT2D eigenvalue weighted by Crippen LogP contribution is -2.34. The predicted octanol–water partition coefficient (Wildman–Crippen LogP) is 2.47. The maximum atomic E-state index is 11.8. The molecule has 0 radical (unpaired) electrons. The van der Waals surface area contributed by atoms with E-state index in [1.807, 2.05) is 26.1 Å². The van der Waals surface area contributed by atoms with Crippen LogP contribution in [0, 0.1) is 0 Å². The summed E-state index contributed by atoms with van der Waals surface area (Å²) >= 11 is 1.73. The Morgan fingerprint density at radius 3 is 2.94 bits per heavy atom. The molecule has 3 nitrogen and oxygen atoms in total. The number of fused-ring (bicyclic) bond motifs is 1. The molecule has 0 spiro atoms. The topological polar surface area (TPSA) is 32.3 Å². The number of thiophene rings is 1. The first-order valence-electron chi connectivity index (χ1n) is 6.12. The molecule has 0 saturated carbocycles. The zero-order valence-corrected chi connectivity index (χ0v) is 11.6. The van der Waals surface area contributed by atoms with Crippen LogP contribution in [0.3, 0.4) is 0 Å². The fourth-order valence-corrected chi connectivity index (χ4v) is 2.82. The van der Waals surface area contributed by atoms with Crippen molar-refractivity contribution in [2.45, 2.75) is 13.5 Å². The van der Waals surface area contributed by atoms with E-state index in [2.05, 4.69) is 22.8 Å². The van der Waals surface area contributed by atoms with Crippen molar-refractivity contribution in [3.05, 3.63) is 35.2 Å². The van der Waals surface area contributed by atoms with Crippen molar-refractivity contribution in [1.82, 2.24) is 10.2 Å². The first-order valence-corrected chi connectivity index (χ1v) is 7.00. The zero-order valence-electron chi connectivity index (χ0n) is 10.8. The summed E-state index contributed by atoms with van der Waals surface area (Å²) in [5, 5.41) is 6.45. The maximum Gasteiger partial charge on any atom is 0.236 e. The lowest BCUT2D eigenvalue weighted by Gasteiger charge is -2.17. The van der Waals surface area contributed by atoms with Gasteiger partial charge in [-0.2, -0.15) is 0 Å². The summed E-state index contributed by atoms with van der Waals surface area (Å²) in [5.74, 6) is 0.132. The second kappa shape index (κ2) is 5.98. The van der Waals surface area contributed by atoms with Gasteiger partial charge in [0.05, 0.1) is 6.54 Å². The number of carbonyl (C=O) groups excluding carboxylic acids is 1. The van der Waals surface area contributed by atoms with Gasteiger partial charge in [0.1, 0.15) is 0 Å². The average Bonchev–Trinajstić information content (AvgIpc) is 2.79. The predicted molar refractivity (Wildman–Crippen MR) is 76.8 cm³/mol. The van der Waals surface area contributed by atoms with Crippen LogP contribution in [-0.4, -0.2) is 30.9 Å². The number of likely N-dealkylation sites (N-methyl/N-ethyl adjacent to an activating group) is 2. The Balaban J connectivity index is 2.07. The van der Waals surface area contributed by atoms with Crippen LogP contribution in [0.25, 0.3) is 10.1 Å². The summed E-state index contributed by atoms with van der Waals surface area (Å²) in [7, 11) is 1.85. The molecule has 0 saturated heterocycles. The van der Waals surface area contributed by atoms with Crippen LogP contribution in [0.15, 0.2) is 29.6 Å². The highest BCUT2D eigenvalue weighted by atomic mass is 32.1. The van der Waals surface area contributed by atoms with E-state index in [0.717, 1.165) is 6.54 Å². The SMILES string of the molecule is CCNCC(=O)N(C)Cc1csc2ccccc12. The average molecular weight is 262 g/mol. The third-order valence-corrected chi connectivity index (χ3v) is 3.93. The minimum Gasteiger partial charge on any atom is -0.340 e. The van der Waals surface area contributed by atoms with Gasteiger partial charge in [-0.15, -0.1) is 11.3 Å². The molecule has 1 aromatic heterocycles. The van der Waals surface area contributed by atoms with E-state index in [1.54, 1.807) is 16.2 Å². The first kappa shape index (κ1) is 13.1. The summed E-state index contributed by atoms with van der Waals surface area (Å²) in [5.41, 5.74) is 1.22. The number of benzene rings is 1. The molecule has 0 fully saturated rings. The van der Waals surface area contributed by atoms with Crippen LogP contribution in [0.5, 0.6) is 0 Å². The Bertz CT molecular complexity index is 535. The Labute approximate surface area is 111 Å². The van der Waals surface area contributed by atoms with Crippen molar-refractivity contribution < 1.29 is 4.79 Å². The Morgan fingerprint density at radius 2 is 2.17 bits per heavy atom. The molecule has 2 aromatic rings. The van der Waals surface area contributed by atoms with Crippen molar-refractivity contribution in [3.63, 3.8) is 0 Å². The third kappa shape index (κ3) is 2.89. The molecule has 0 aliphatic heterocycles. The number of hydrogen-bond donors (Lipinski definition) is 1. The molecule has 4 heteroatoms.